The van der Waals surface area contributed by atoms with E-state index in [1.807, 2.05) is 26.0 Å². The Kier molecular flexibility index (Phi) is 5.09. The largest absolute Gasteiger partial charge is 0.495 e. The first-order valence-corrected chi connectivity index (χ1v) is 6.22. The van der Waals surface area contributed by atoms with E-state index in [1.165, 1.54) is 0 Å². The molecule has 0 aromatic heterocycles. The zero-order chi connectivity index (χ0) is 12.9. The lowest BCUT2D eigenvalue weighted by Crippen LogP contribution is -2.35. The number of rotatable bonds is 6. The molecule has 0 aliphatic rings. The van der Waals surface area contributed by atoms with Gasteiger partial charge < -0.3 is 15.2 Å². The molecule has 0 spiro atoms. The van der Waals surface area contributed by atoms with E-state index in [0.717, 1.165) is 18.5 Å². The van der Waals surface area contributed by atoms with E-state index < -0.39 is 5.60 Å². The summed E-state index contributed by atoms with van der Waals surface area (Å²) in [6.45, 7) is 4.47. The predicted octanol–water partition coefficient (Wildman–Crippen LogP) is 3.31. The number of ether oxygens (including phenoxy) is 1. The van der Waals surface area contributed by atoms with Crippen molar-refractivity contribution in [2.75, 3.05) is 19.0 Å². The van der Waals surface area contributed by atoms with E-state index in [1.54, 1.807) is 13.2 Å². The molecule has 0 atom stereocenters. The van der Waals surface area contributed by atoms with Gasteiger partial charge in [-0.1, -0.05) is 25.4 Å². The van der Waals surface area contributed by atoms with E-state index in [4.69, 9.17) is 16.3 Å². The number of halogens is 1. The summed E-state index contributed by atoms with van der Waals surface area (Å²) >= 11 is 6.02. The molecule has 0 bridgehead atoms. The van der Waals surface area contributed by atoms with Gasteiger partial charge in [-0.2, -0.15) is 0 Å². The Morgan fingerprint density at radius 2 is 2.00 bits per heavy atom. The molecular formula is C13H20ClNO2. The maximum absolute atomic E-state index is 10.1. The molecule has 0 amide bonds. The first-order valence-electron chi connectivity index (χ1n) is 5.84. The average molecular weight is 258 g/mol. The molecule has 1 aromatic carbocycles. The SMILES string of the molecule is CCC(O)(CC)CNc1ccc(OC)c(Cl)c1. The van der Waals surface area contributed by atoms with Crippen LogP contribution in [0.4, 0.5) is 5.69 Å². The van der Waals surface area contributed by atoms with Crippen LogP contribution < -0.4 is 10.1 Å². The molecule has 0 heterocycles. The van der Waals surface area contributed by atoms with Crippen molar-refractivity contribution in [2.45, 2.75) is 32.3 Å². The highest BCUT2D eigenvalue weighted by molar-refractivity contribution is 6.32. The number of benzene rings is 1. The van der Waals surface area contributed by atoms with Crippen molar-refractivity contribution in [3.05, 3.63) is 23.2 Å². The Hall–Kier alpha value is -0.930. The minimum Gasteiger partial charge on any atom is -0.495 e. The van der Waals surface area contributed by atoms with E-state index in [-0.39, 0.29) is 0 Å². The van der Waals surface area contributed by atoms with Gasteiger partial charge in [0, 0.05) is 12.2 Å². The minimum absolute atomic E-state index is 0.517. The number of hydrogen-bond donors (Lipinski definition) is 2. The number of hydrogen-bond acceptors (Lipinski definition) is 3. The maximum atomic E-state index is 10.1. The fourth-order valence-corrected chi connectivity index (χ4v) is 1.80. The van der Waals surface area contributed by atoms with Crippen molar-refractivity contribution >= 4 is 17.3 Å². The van der Waals surface area contributed by atoms with Gasteiger partial charge >= 0.3 is 0 Å². The van der Waals surface area contributed by atoms with Crippen LogP contribution in [0.3, 0.4) is 0 Å². The quantitative estimate of drug-likeness (QED) is 0.822. The van der Waals surface area contributed by atoms with Crippen LogP contribution in [0.25, 0.3) is 0 Å². The highest BCUT2D eigenvalue weighted by Crippen LogP contribution is 2.27. The lowest BCUT2D eigenvalue weighted by molar-refractivity contribution is 0.0457. The molecule has 0 radical (unpaired) electrons. The zero-order valence-corrected chi connectivity index (χ0v) is 11.3. The second kappa shape index (κ2) is 6.12. The van der Waals surface area contributed by atoms with Gasteiger partial charge in [0.1, 0.15) is 5.75 Å². The Balaban J connectivity index is 2.67. The molecular weight excluding hydrogens is 238 g/mol. The Morgan fingerprint density at radius 1 is 1.35 bits per heavy atom. The van der Waals surface area contributed by atoms with E-state index in [2.05, 4.69) is 5.32 Å². The second-order valence-corrected chi connectivity index (χ2v) is 4.54. The highest BCUT2D eigenvalue weighted by atomic mass is 35.5. The number of anilines is 1. The summed E-state index contributed by atoms with van der Waals surface area (Å²) in [7, 11) is 1.58. The third-order valence-electron chi connectivity index (χ3n) is 3.09. The van der Waals surface area contributed by atoms with Gasteiger partial charge in [-0.3, -0.25) is 0 Å². The van der Waals surface area contributed by atoms with Gasteiger partial charge in [-0.25, -0.2) is 0 Å². The number of nitrogens with one attached hydrogen (secondary N) is 1. The lowest BCUT2D eigenvalue weighted by Gasteiger charge is -2.26. The first-order chi connectivity index (χ1) is 8.04. The topological polar surface area (TPSA) is 41.5 Å². The third kappa shape index (κ3) is 3.79. The second-order valence-electron chi connectivity index (χ2n) is 4.13. The van der Waals surface area contributed by atoms with Crippen molar-refractivity contribution in [1.82, 2.24) is 0 Å². The molecule has 0 saturated heterocycles. The smallest absolute Gasteiger partial charge is 0.137 e. The summed E-state index contributed by atoms with van der Waals surface area (Å²) in [5, 5.41) is 13.9. The van der Waals surface area contributed by atoms with Crippen molar-refractivity contribution in [2.24, 2.45) is 0 Å². The van der Waals surface area contributed by atoms with E-state index in [9.17, 15) is 5.11 Å². The molecule has 3 nitrogen and oxygen atoms in total. The van der Waals surface area contributed by atoms with E-state index in [0.29, 0.717) is 17.3 Å². The van der Waals surface area contributed by atoms with Gasteiger partial charge in [0.2, 0.25) is 0 Å². The van der Waals surface area contributed by atoms with Crippen molar-refractivity contribution in [1.29, 1.82) is 0 Å². The van der Waals surface area contributed by atoms with Crippen LogP contribution in [0.2, 0.25) is 5.02 Å². The molecule has 2 N–H and O–H groups in total. The normalized spacial score (nSPS) is 11.4. The van der Waals surface area contributed by atoms with Gasteiger partial charge in [0.25, 0.3) is 0 Å². The van der Waals surface area contributed by atoms with Crippen molar-refractivity contribution in [3.63, 3.8) is 0 Å². The molecule has 96 valence electrons. The lowest BCUT2D eigenvalue weighted by atomic mass is 9.97. The maximum Gasteiger partial charge on any atom is 0.137 e. The van der Waals surface area contributed by atoms with Crippen molar-refractivity contribution in [3.8, 4) is 5.75 Å². The number of methoxy groups -OCH3 is 1. The minimum atomic E-state index is -0.660. The van der Waals surface area contributed by atoms with Crippen LogP contribution in [-0.2, 0) is 0 Å². The standard InChI is InChI=1S/C13H20ClNO2/c1-4-13(16,5-2)9-15-10-6-7-12(17-3)11(14)8-10/h6-8,15-16H,4-5,9H2,1-3H3. The molecule has 0 fully saturated rings. The van der Waals surface area contributed by atoms with E-state index >= 15 is 0 Å². The van der Waals surface area contributed by atoms with Crippen LogP contribution in [0, 0.1) is 0 Å². The summed E-state index contributed by atoms with van der Waals surface area (Å²) in [5.74, 6) is 0.651. The molecule has 17 heavy (non-hydrogen) atoms. The van der Waals surface area contributed by atoms with Gasteiger partial charge in [0.05, 0.1) is 17.7 Å². The molecule has 0 aliphatic carbocycles. The fourth-order valence-electron chi connectivity index (χ4n) is 1.54. The van der Waals surface area contributed by atoms with Crippen LogP contribution in [0.15, 0.2) is 18.2 Å². The highest BCUT2D eigenvalue weighted by Gasteiger charge is 2.21. The van der Waals surface area contributed by atoms with Gasteiger partial charge in [-0.15, -0.1) is 0 Å². The molecule has 0 aliphatic heterocycles. The first kappa shape index (κ1) is 14.1. The van der Waals surface area contributed by atoms with Gasteiger partial charge in [-0.05, 0) is 31.0 Å². The fraction of sp³-hybridized carbons (Fsp3) is 0.538. The van der Waals surface area contributed by atoms with Gasteiger partial charge in [0.15, 0.2) is 0 Å². The Morgan fingerprint density at radius 3 is 2.47 bits per heavy atom. The zero-order valence-electron chi connectivity index (χ0n) is 10.6. The van der Waals surface area contributed by atoms with Crippen molar-refractivity contribution < 1.29 is 9.84 Å². The molecule has 1 aromatic rings. The van der Waals surface area contributed by atoms with Crippen LogP contribution >= 0.6 is 11.6 Å². The molecule has 4 heteroatoms. The monoisotopic (exact) mass is 257 g/mol. The summed E-state index contributed by atoms with van der Waals surface area (Å²) < 4.78 is 5.08. The predicted molar refractivity (Wildman–Crippen MR) is 72.0 cm³/mol. The molecule has 1 rings (SSSR count). The summed E-state index contributed by atoms with van der Waals surface area (Å²) in [6.07, 6.45) is 1.45. The Labute approximate surface area is 108 Å². The van der Waals surface area contributed by atoms with Crippen LogP contribution in [-0.4, -0.2) is 24.4 Å². The molecule has 0 saturated carbocycles. The summed E-state index contributed by atoms with van der Waals surface area (Å²) in [4.78, 5) is 0. The van der Waals surface area contributed by atoms with Crippen LogP contribution in [0.1, 0.15) is 26.7 Å². The Bertz CT molecular complexity index is 364. The summed E-state index contributed by atoms with van der Waals surface area (Å²) in [5.41, 5.74) is 0.225. The van der Waals surface area contributed by atoms with Crippen LogP contribution in [0.5, 0.6) is 5.75 Å². The molecule has 0 unspecified atom stereocenters. The average Bonchev–Trinajstić information content (AvgIpc) is 2.36. The summed E-state index contributed by atoms with van der Waals surface area (Å²) in [6, 6.07) is 5.49. The third-order valence-corrected chi connectivity index (χ3v) is 3.38. The number of aliphatic hydroxyl groups is 1.